The second-order valence-electron chi connectivity index (χ2n) is 5.67. The fourth-order valence-corrected chi connectivity index (χ4v) is 2.80. The number of carbonyl (C=O) groups excluding carboxylic acids is 2. The maximum Gasteiger partial charge on any atom is 0.409 e. The Balaban J connectivity index is 2.18. The maximum absolute atomic E-state index is 14.3. The third-order valence-electron chi connectivity index (χ3n) is 3.86. The Hall–Kier alpha value is -2.00. The predicted octanol–water partition coefficient (Wildman–Crippen LogP) is 2.78. The van der Waals surface area contributed by atoms with Gasteiger partial charge in [0.2, 0.25) is 0 Å². The van der Waals surface area contributed by atoms with Crippen LogP contribution in [0.5, 0.6) is 0 Å². The lowest BCUT2D eigenvalue weighted by Gasteiger charge is -2.36. The van der Waals surface area contributed by atoms with Crippen molar-refractivity contribution in [2.75, 3.05) is 44.8 Å². The summed E-state index contributed by atoms with van der Waals surface area (Å²) in [5.41, 5.74) is -1.46. The monoisotopic (exact) mass is 394 g/mol. The Morgan fingerprint density at radius 2 is 2.08 bits per heavy atom. The molecule has 1 aliphatic rings. The van der Waals surface area contributed by atoms with Crippen LogP contribution in [0.25, 0.3) is 0 Å². The van der Waals surface area contributed by atoms with Crippen LogP contribution < -0.4 is 4.90 Å². The number of ether oxygens (including phenoxy) is 2. The van der Waals surface area contributed by atoms with Gasteiger partial charge in [-0.05, 0) is 24.6 Å². The van der Waals surface area contributed by atoms with E-state index >= 15 is 0 Å². The van der Waals surface area contributed by atoms with Crippen LogP contribution in [0.15, 0.2) is 6.07 Å². The molecule has 0 aromatic heterocycles. The quantitative estimate of drug-likeness (QED) is 0.568. The summed E-state index contributed by atoms with van der Waals surface area (Å²) in [6, 6.07) is 0.568. The molecule has 2 rings (SSSR count). The van der Waals surface area contributed by atoms with Crippen molar-refractivity contribution in [2.45, 2.75) is 13.0 Å². The van der Waals surface area contributed by atoms with Crippen LogP contribution in [0.3, 0.4) is 0 Å². The molecule has 144 valence electrons. The zero-order valence-corrected chi connectivity index (χ0v) is 15.0. The second kappa shape index (κ2) is 8.59. The third-order valence-corrected chi connectivity index (χ3v) is 4.06. The molecule has 0 N–H and O–H groups in total. The number of benzene rings is 1. The first-order valence-corrected chi connectivity index (χ1v) is 8.25. The van der Waals surface area contributed by atoms with Gasteiger partial charge in [-0.3, -0.25) is 4.79 Å². The number of morpholine rings is 1. The molecule has 1 fully saturated rings. The number of anilines is 1. The number of rotatable bonds is 5. The van der Waals surface area contributed by atoms with Gasteiger partial charge >= 0.3 is 6.09 Å². The number of hydrogen-bond donors (Lipinski definition) is 0. The minimum atomic E-state index is -1.51. The summed E-state index contributed by atoms with van der Waals surface area (Å²) in [4.78, 5) is 25.2. The molecule has 1 aliphatic heterocycles. The molecule has 0 aliphatic carbocycles. The number of nitrogens with zero attached hydrogens (tertiary/aromatic N) is 2. The van der Waals surface area contributed by atoms with Gasteiger partial charge in [0.1, 0.15) is 5.69 Å². The first-order valence-electron chi connectivity index (χ1n) is 7.88. The zero-order chi connectivity index (χ0) is 19.4. The SMILES string of the molecule is CCOC(=O)N(C)CC1CN(c2c(F)cc(C(=O)Cl)c(F)c2F)CCO1. The van der Waals surface area contributed by atoms with Crippen LogP contribution in [-0.2, 0) is 9.47 Å². The highest BCUT2D eigenvalue weighted by Gasteiger charge is 2.30. The maximum atomic E-state index is 14.3. The first-order chi connectivity index (χ1) is 12.3. The molecule has 1 unspecified atom stereocenters. The van der Waals surface area contributed by atoms with E-state index in [-0.39, 0.29) is 32.8 Å². The Bertz CT molecular complexity index is 705. The molecule has 0 radical (unpaired) electrons. The van der Waals surface area contributed by atoms with E-state index in [9.17, 15) is 22.8 Å². The normalized spacial score (nSPS) is 17.2. The molecule has 10 heteroatoms. The molecule has 1 aromatic carbocycles. The fraction of sp³-hybridized carbons (Fsp3) is 0.500. The molecule has 1 heterocycles. The summed E-state index contributed by atoms with van der Waals surface area (Å²) in [7, 11) is 1.50. The van der Waals surface area contributed by atoms with Gasteiger partial charge in [-0.2, -0.15) is 0 Å². The fourth-order valence-electron chi connectivity index (χ4n) is 2.66. The molecule has 1 aromatic rings. The van der Waals surface area contributed by atoms with E-state index in [2.05, 4.69) is 0 Å². The standard InChI is InChI=1S/C16H18ClF3N2O4/c1-3-25-16(24)21(2)7-9-8-22(4-5-26-9)14-11(18)6-10(15(17)23)12(19)13(14)20/h6,9H,3-5,7-8H2,1-2H3. The lowest BCUT2D eigenvalue weighted by molar-refractivity contribution is 0.0178. The van der Waals surface area contributed by atoms with Crippen molar-refractivity contribution in [3.8, 4) is 0 Å². The Morgan fingerprint density at radius 3 is 2.69 bits per heavy atom. The molecular weight excluding hydrogens is 377 g/mol. The Labute approximate surface area is 153 Å². The number of halogens is 4. The summed E-state index contributed by atoms with van der Waals surface area (Å²) in [5.74, 6) is -4.10. The molecule has 6 nitrogen and oxygen atoms in total. The van der Waals surface area contributed by atoms with Gasteiger partial charge < -0.3 is 19.3 Å². The predicted molar refractivity (Wildman–Crippen MR) is 88.1 cm³/mol. The van der Waals surface area contributed by atoms with Gasteiger partial charge in [0.05, 0.1) is 31.4 Å². The van der Waals surface area contributed by atoms with Crippen LogP contribution in [0.4, 0.5) is 23.7 Å². The van der Waals surface area contributed by atoms with Crippen LogP contribution in [0, 0.1) is 17.5 Å². The molecule has 1 amide bonds. The van der Waals surface area contributed by atoms with Crippen molar-refractivity contribution in [1.82, 2.24) is 4.90 Å². The number of hydrogen-bond acceptors (Lipinski definition) is 5. The smallest absolute Gasteiger partial charge is 0.409 e. The summed E-state index contributed by atoms with van der Waals surface area (Å²) in [6.07, 6.45) is -1.11. The van der Waals surface area contributed by atoms with E-state index in [1.807, 2.05) is 0 Å². The van der Waals surface area contributed by atoms with Crippen molar-refractivity contribution >= 4 is 28.6 Å². The van der Waals surface area contributed by atoms with Crippen LogP contribution in [0.1, 0.15) is 17.3 Å². The van der Waals surface area contributed by atoms with Gasteiger partial charge in [-0.25, -0.2) is 18.0 Å². The Kier molecular flexibility index (Phi) is 6.71. The summed E-state index contributed by atoms with van der Waals surface area (Å²) in [6.45, 7) is 2.26. The molecular formula is C16H18ClF3N2O4. The average Bonchev–Trinajstić information content (AvgIpc) is 2.58. The van der Waals surface area contributed by atoms with Gasteiger partial charge in [-0.15, -0.1) is 0 Å². The highest BCUT2D eigenvalue weighted by Crippen LogP contribution is 2.30. The lowest BCUT2D eigenvalue weighted by atomic mass is 10.1. The Morgan fingerprint density at radius 1 is 1.38 bits per heavy atom. The van der Waals surface area contributed by atoms with E-state index in [0.717, 1.165) is 0 Å². The highest BCUT2D eigenvalue weighted by atomic mass is 35.5. The van der Waals surface area contributed by atoms with E-state index in [1.165, 1.54) is 16.8 Å². The van der Waals surface area contributed by atoms with E-state index in [4.69, 9.17) is 21.1 Å². The molecule has 1 atom stereocenters. The molecule has 1 saturated heterocycles. The van der Waals surface area contributed by atoms with Crippen LogP contribution in [-0.4, -0.2) is 62.2 Å². The van der Waals surface area contributed by atoms with Crippen molar-refractivity contribution in [3.05, 3.63) is 29.1 Å². The molecule has 0 spiro atoms. The minimum Gasteiger partial charge on any atom is -0.450 e. The van der Waals surface area contributed by atoms with Crippen molar-refractivity contribution in [3.63, 3.8) is 0 Å². The molecule has 26 heavy (non-hydrogen) atoms. The first kappa shape index (κ1) is 20.3. The average molecular weight is 395 g/mol. The summed E-state index contributed by atoms with van der Waals surface area (Å²) >= 11 is 5.13. The lowest BCUT2D eigenvalue weighted by Crippen LogP contribution is -2.48. The van der Waals surface area contributed by atoms with Crippen LogP contribution in [0.2, 0.25) is 0 Å². The van der Waals surface area contributed by atoms with Gasteiger partial charge in [0.25, 0.3) is 5.24 Å². The number of amides is 1. The van der Waals surface area contributed by atoms with Crippen molar-refractivity contribution in [1.29, 1.82) is 0 Å². The van der Waals surface area contributed by atoms with Crippen LogP contribution >= 0.6 is 11.6 Å². The number of carbonyl (C=O) groups is 2. The van der Waals surface area contributed by atoms with Gasteiger partial charge in [-0.1, -0.05) is 0 Å². The zero-order valence-electron chi connectivity index (χ0n) is 14.2. The third kappa shape index (κ3) is 4.39. The second-order valence-corrected chi connectivity index (χ2v) is 6.02. The minimum absolute atomic E-state index is 0.0190. The molecule has 0 bridgehead atoms. The van der Waals surface area contributed by atoms with E-state index in [0.29, 0.717) is 6.07 Å². The van der Waals surface area contributed by atoms with Crippen molar-refractivity contribution < 1.29 is 32.2 Å². The molecule has 0 saturated carbocycles. The van der Waals surface area contributed by atoms with Crippen molar-refractivity contribution in [2.24, 2.45) is 0 Å². The largest absolute Gasteiger partial charge is 0.450 e. The van der Waals surface area contributed by atoms with Gasteiger partial charge in [0, 0.05) is 20.1 Å². The highest BCUT2D eigenvalue weighted by molar-refractivity contribution is 6.67. The van der Waals surface area contributed by atoms with E-state index in [1.54, 1.807) is 6.92 Å². The summed E-state index contributed by atoms with van der Waals surface area (Å²) in [5, 5.41) is -1.29. The van der Waals surface area contributed by atoms with E-state index < -0.39 is 46.1 Å². The number of likely N-dealkylation sites (N-methyl/N-ethyl adjacent to an activating group) is 1. The topological polar surface area (TPSA) is 59.1 Å². The summed E-state index contributed by atoms with van der Waals surface area (Å²) < 4.78 is 52.9. The van der Waals surface area contributed by atoms with Gasteiger partial charge in [0.15, 0.2) is 17.5 Å².